The van der Waals surface area contributed by atoms with Crippen molar-refractivity contribution in [3.63, 3.8) is 0 Å². The first-order valence-electron chi connectivity index (χ1n) is 4.31. The predicted octanol–water partition coefficient (Wildman–Crippen LogP) is -0.521. The van der Waals surface area contributed by atoms with Gasteiger partial charge in [0, 0.05) is 28.9 Å². The summed E-state index contributed by atoms with van der Waals surface area (Å²) in [6.45, 7) is 2.85. The van der Waals surface area contributed by atoms with Crippen LogP contribution in [0.1, 0.15) is 13.3 Å². The fraction of sp³-hybridized carbons (Fsp3) is 0.875. The number of carbonyl (C=O) groups is 1. The second kappa shape index (κ2) is 7.03. The fourth-order valence-corrected chi connectivity index (χ4v) is 1.25. The molecule has 0 aliphatic heterocycles. The van der Waals surface area contributed by atoms with Gasteiger partial charge in [-0.05, 0) is 13.5 Å². The van der Waals surface area contributed by atoms with Crippen LogP contribution < -0.4 is 10.6 Å². The van der Waals surface area contributed by atoms with Crippen LogP contribution in [0.3, 0.4) is 0 Å². The molecule has 0 aliphatic carbocycles. The Hall–Kier alpha value is -0.420. The van der Waals surface area contributed by atoms with Crippen LogP contribution in [0.25, 0.3) is 0 Å². The lowest BCUT2D eigenvalue weighted by Gasteiger charge is -2.08. The van der Waals surface area contributed by atoms with E-state index in [4.69, 9.17) is 0 Å². The molecule has 0 rings (SSSR count). The first-order valence-corrected chi connectivity index (χ1v) is 5.93. The number of rotatable bonds is 6. The highest BCUT2D eigenvalue weighted by Crippen LogP contribution is 1.96. The fourth-order valence-electron chi connectivity index (χ4n) is 0.804. The van der Waals surface area contributed by atoms with Gasteiger partial charge in [-0.25, -0.2) is 0 Å². The first-order chi connectivity index (χ1) is 6.07. The van der Waals surface area contributed by atoms with Crippen molar-refractivity contribution in [2.75, 3.05) is 26.4 Å². The minimum absolute atomic E-state index is 0.0171. The summed E-state index contributed by atoms with van der Waals surface area (Å²) >= 11 is 0. The standard InChI is InChI=1S/C8H18N2O2S/c1-7(13(3)12)4-5-10-8(11)6-9-2/h7,9H,4-6H2,1-3H3,(H,10,11). The third kappa shape index (κ3) is 6.72. The third-order valence-electron chi connectivity index (χ3n) is 1.78. The lowest BCUT2D eigenvalue weighted by atomic mass is 10.3. The van der Waals surface area contributed by atoms with E-state index in [1.54, 1.807) is 13.3 Å². The molecule has 0 saturated heterocycles. The Bertz CT molecular complexity index is 185. The Morgan fingerprint density at radius 3 is 2.62 bits per heavy atom. The zero-order chi connectivity index (χ0) is 10.3. The van der Waals surface area contributed by atoms with Crippen LogP contribution in [0.2, 0.25) is 0 Å². The Morgan fingerprint density at radius 2 is 2.15 bits per heavy atom. The van der Waals surface area contributed by atoms with Crippen LogP contribution in [0.4, 0.5) is 0 Å². The van der Waals surface area contributed by atoms with Gasteiger partial charge in [-0.3, -0.25) is 9.00 Å². The van der Waals surface area contributed by atoms with Gasteiger partial charge in [-0.15, -0.1) is 0 Å². The van der Waals surface area contributed by atoms with Crippen molar-refractivity contribution < 1.29 is 9.00 Å². The van der Waals surface area contributed by atoms with E-state index in [1.807, 2.05) is 6.92 Å². The van der Waals surface area contributed by atoms with Gasteiger partial charge in [0.05, 0.1) is 6.54 Å². The summed E-state index contributed by atoms with van der Waals surface area (Å²) in [5.41, 5.74) is 0. The molecule has 0 fully saturated rings. The minimum Gasteiger partial charge on any atom is -0.355 e. The van der Waals surface area contributed by atoms with Gasteiger partial charge in [-0.1, -0.05) is 6.92 Å². The molecular formula is C8H18N2O2S. The van der Waals surface area contributed by atoms with E-state index >= 15 is 0 Å². The molecule has 1 amide bonds. The van der Waals surface area contributed by atoms with E-state index in [0.717, 1.165) is 6.42 Å². The minimum atomic E-state index is -0.796. The Labute approximate surface area is 81.9 Å². The Balaban J connectivity index is 3.44. The molecule has 0 bridgehead atoms. The van der Waals surface area contributed by atoms with Crippen molar-refractivity contribution >= 4 is 16.7 Å². The molecule has 0 aromatic heterocycles. The quantitative estimate of drug-likeness (QED) is 0.615. The largest absolute Gasteiger partial charge is 0.355 e. The van der Waals surface area contributed by atoms with Gasteiger partial charge in [0.2, 0.25) is 5.91 Å². The normalized spacial score (nSPS) is 15.0. The highest BCUT2D eigenvalue weighted by atomic mass is 32.2. The average molecular weight is 206 g/mol. The molecule has 2 atom stereocenters. The van der Waals surface area contributed by atoms with Crippen LogP contribution >= 0.6 is 0 Å². The maximum atomic E-state index is 10.9. The second-order valence-corrected chi connectivity index (χ2v) is 4.78. The molecule has 0 spiro atoms. The van der Waals surface area contributed by atoms with Gasteiger partial charge >= 0.3 is 0 Å². The van der Waals surface area contributed by atoms with Crippen molar-refractivity contribution in [3.8, 4) is 0 Å². The molecule has 0 saturated carbocycles. The van der Waals surface area contributed by atoms with E-state index in [0.29, 0.717) is 13.1 Å². The number of likely N-dealkylation sites (N-methyl/N-ethyl adjacent to an activating group) is 1. The Kier molecular flexibility index (Phi) is 6.80. The molecule has 0 radical (unpaired) electrons. The van der Waals surface area contributed by atoms with Crippen molar-refractivity contribution in [2.45, 2.75) is 18.6 Å². The summed E-state index contributed by atoms with van der Waals surface area (Å²) in [6, 6.07) is 0. The lowest BCUT2D eigenvalue weighted by Crippen LogP contribution is -2.34. The van der Waals surface area contributed by atoms with E-state index in [-0.39, 0.29) is 11.2 Å². The monoisotopic (exact) mass is 206 g/mol. The lowest BCUT2D eigenvalue weighted by molar-refractivity contribution is -0.120. The van der Waals surface area contributed by atoms with Gasteiger partial charge < -0.3 is 10.6 Å². The van der Waals surface area contributed by atoms with Crippen LogP contribution in [-0.4, -0.2) is 41.8 Å². The zero-order valence-corrected chi connectivity index (χ0v) is 9.24. The van der Waals surface area contributed by atoms with Crippen LogP contribution in [-0.2, 0) is 15.6 Å². The summed E-state index contributed by atoms with van der Waals surface area (Å²) in [5.74, 6) is -0.0171. The zero-order valence-electron chi connectivity index (χ0n) is 8.42. The molecule has 2 unspecified atom stereocenters. The Morgan fingerprint density at radius 1 is 1.54 bits per heavy atom. The van der Waals surface area contributed by atoms with Crippen LogP contribution in [0.5, 0.6) is 0 Å². The van der Waals surface area contributed by atoms with E-state index in [9.17, 15) is 9.00 Å². The molecule has 13 heavy (non-hydrogen) atoms. The van der Waals surface area contributed by atoms with E-state index in [1.165, 1.54) is 0 Å². The van der Waals surface area contributed by atoms with Gasteiger partial charge in [0.15, 0.2) is 0 Å². The molecule has 78 valence electrons. The molecule has 2 N–H and O–H groups in total. The van der Waals surface area contributed by atoms with Crippen molar-refractivity contribution in [1.82, 2.24) is 10.6 Å². The highest BCUT2D eigenvalue weighted by Gasteiger charge is 2.06. The molecule has 0 aromatic rings. The number of amides is 1. The van der Waals surface area contributed by atoms with Crippen LogP contribution in [0, 0.1) is 0 Å². The molecule has 0 aliphatic rings. The average Bonchev–Trinajstić information content (AvgIpc) is 2.04. The number of carbonyl (C=O) groups excluding carboxylic acids is 1. The third-order valence-corrected chi connectivity index (χ3v) is 3.15. The van der Waals surface area contributed by atoms with E-state index < -0.39 is 10.8 Å². The smallest absolute Gasteiger partial charge is 0.233 e. The first kappa shape index (κ1) is 12.6. The van der Waals surface area contributed by atoms with Crippen molar-refractivity contribution in [1.29, 1.82) is 0 Å². The van der Waals surface area contributed by atoms with Gasteiger partial charge in [-0.2, -0.15) is 0 Å². The van der Waals surface area contributed by atoms with Crippen LogP contribution in [0.15, 0.2) is 0 Å². The summed E-state index contributed by atoms with van der Waals surface area (Å²) in [7, 11) is 0.930. The highest BCUT2D eigenvalue weighted by molar-refractivity contribution is 7.84. The van der Waals surface area contributed by atoms with Gasteiger partial charge in [0.1, 0.15) is 0 Å². The predicted molar refractivity (Wildman–Crippen MR) is 55.1 cm³/mol. The SMILES string of the molecule is CNCC(=O)NCCC(C)S(C)=O. The molecule has 0 heterocycles. The van der Waals surface area contributed by atoms with Gasteiger partial charge in [0.25, 0.3) is 0 Å². The maximum Gasteiger partial charge on any atom is 0.233 e. The topological polar surface area (TPSA) is 58.2 Å². The van der Waals surface area contributed by atoms with E-state index in [2.05, 4.69) is 10.6 Å². The van der Waals surface area contributed by atoms with Crippen molar-refractivity contribution in [2.24, 2.45) is 0 Å². The molecule has 0 aromatic carbocycles. The molecule has 5 heteroatoms. The molecule has 4 nitrogen and oxygen atoms in total. The maximum absolute atomic E-state index is 10.9. The number of nitrogens with one attached hydrogen (secondary N) is 2. The second-order valence-electron chi connectivity index (χ2n) is 2.98. The number of hydrogen-bond acceptors (Lipinski definition) is 3. The summed E-state index contributed by atoms with van der Waals surface area (Å²) in [6.07, 6.45) is 2.44. The summed E-state index contributed by atoms with van der Waals surface area (Å²) in [4.78, 5) is 10.9. The molecular weight excluding hydrogens is 188 g/mol. The van der Waals surface area contributed by atoms with Crippen molar-refractivity contribution in [3.05, 3.63) is 0 Å². The number of hydrogen-bond donors (Lipinski definition) is 2. The summed E-state index contributed by atoms with van der Waals surface area (Å²) in [5, 5.41) is 5.64. The summed E-state index contributed by atoms with van der Waals surface area (Å²) < 4.78 is 10.9.